The van der Waals surface area contributed by atoms with Gasteiger partial charge >= 0.3 is 0 Å². The van der Waals surface area contributed by atoms with E-state index >= 15 is 0 Å². The summed E-state index contributed by atoms with van der Waals surface area (Å²) in [5, 5.41) is 2.96. The molecule has 1 heterocycles. The van der Waals surface area contributed by atoms with Crippen molar-refractivity contribution in [2.75, 3.05) is 11.4 Å². The van der Waals surface area contributed by atoms with Gasteiger partial charge in [-0.15, -0.1) is 0 Å². The van der Waals surface area contributed by atoms with Crippen molar-refractivity contribution >= 4 is 17.5 Å². The lowest BCUT2D eigenvalue weighted by Gasteiger charge is -2.23. The van der Waals surface area contributed by atoms with Crippen molar-refractivity contribution in [3.8, 4) is 0 Å². The van der Waals surface area contributed by atoms with Crippen molar-refractivity contribution in [2.45, 2.75) is 46.6 Å². The Balaban J connectivity index is 2.14. The minimum atomic E-state index is -0.271. The Morgan fingerprint density at radius 1 is 1.29 bits per heavy atom. The molecule has 114 valence electrons. The molecule has 0 spiro atoms. The third-order valence-corrected chi connectivity index (χ3v) is 3.64. The zero-order valence-corrected chi connectivity index (χ0v) is 13.5. The Bertz CT molecular complexity index is 573. The fourth-order valence-corrected chi connectivity index (χ4v) is 2.70. The molecule has 2 amide bonds. The van der Waals surface area contributed by atoms with Crippen molar-refractivity contribution in [1.29, 1.82) is 0 Å². The SMILES string of the molecule is Cc1ccc(N2CC(C(=O)NC(C)(C)C)CC2=O)c(C)c1. The van der Waals surface area contributed by atoms with Gasteiger partial charge in [0.15, 0.2) is 0 Å². The highest BCUT2D eigenvalue weighted by molar-refractivity contribution is 6.00. The maximum Gasteiger partial charge on any atom is 0.227 e. The summed E-state index contributed by atoms with van der Waals surface area (Å²) < 4.78 is 0. The first kappa shape index (κ1) is 15.5. The summed E-state index contributed by atoms with van der Waals surface area (Å²) in [6.07, 6.45) is 0.287. The van der Waals surface area contributed by atoms with Gasteiger partial charge in [0.1, 0.15) is 0 Å². The smallest absolute Gasteiger partial charge is 0.227 e. The normalized spacial score (nSPS) is 19.0. The molecule has 1 atom stereocenters. The molecule has 21 heavy (non-hydrogen) atoms. The van der Waals surface area contributed by atoms with Gasteiger partial charge in [-0.2, -0.15) is 0 Å². The number of anilines is 1. The van der Waals surface area contributed by atoms with E-state index in [2.05, 4.69) is 11.4 Å². The van der Waals surface area contributed by atoms with Gasteiger partial charge in [0.25, 0.3) is 0 Å². The Morgan fingerprint density at radius 3 is 2.52 bits per heavy atom. The van der Waals surface area contributed by atoms with Gasteiger partial charge in [0.05, 0.1) is 5.92 Å². The van der Waals surface area contributed by atoms with Gasteiger partial charge in [0.2, 0.25) is 11.8 Å². The predicted molar refractivity (Wildman–Crippen MR) is 84.3 cm³/mol. The van der Waals surface area contributed by atoms with Crippen molar-refractivity contribution in [3.05, 3.63) is 29.3 Å². The topological polar surface area (TPSA) is 49.4 Å². The lowest BCUT2D eigenvalue weighted by molar-refractivity contribution is -0.127. The molecule has 4 nitrogen and oxygen atoms in total. The summed E-state index contributed by atoms with van der Waals surface area (Å²) in [6.45, 7) is 10.3. The van der Waals surface area contributed by atoms with E-state index in [0.717, 1.165) is 11.3 Å². The van der Waals surface area contributed by atoms with E-state index in [9.17, 15) is 9.59 Å². The van der Waals surface area contributed by atoms with Crippen LogP contribution in [0.3, 0.4) is 0 Å². The summed E-state index contributed by atoms with van der Waals surface area (Å²) in [6, 6.07) is 6.02. The summed E-state index contributed by atoms with van der Waals surface area (Å²) in [4.78, 5) is 26.2. The van der Waals surface area contributed by atoms with E-state index < -0.39 is 0 Å². The van der Waals surface area contributed by atoms with Crippen LogP contribution in [-0.2, 0) is 9.59 Å². The highest BCUT2D eigenvalue weighted by Gasteiger charge is 2.36. The van der Waals surface area contributed by atoms with Crippen LogP contribution in [0.1, 0.15) is 38.3 Å². The van der Waals surface area contributed by atoms with Gasteiger partial charge in [-0.05, 0) is 46.2 Å². The number of amides is 2. The quantitative estimate of drug-likeness (QED) is 0.909. The maximum atomic E-state index is 12.2. The predicted octanol–water partition coefficient (Wildman–Crippen LogP) is 2.57. The molecule has 1 fully saturated rings. The fourth-order valence-electron chi connectivity index (χ4n) is 2.70. The summed E-state index contributed by atoms with van der Waals surface area (Å²) in [5.41, 5.74) is 2.88. The number of carbonyl (C=O) groups excluding carboxylic acids is 2. The molecule has 1 unspecified atom stereocenters. The molecule has 2 rings (SSSR count). The number of nitrogens with one attached hydrogen (secondary N) is 1. The molecule has 0 bridgehead atoms. The van der Waals surface area contributed by atoms with Crippen LogP contribution >= 0.6 is 0 Å². The second-order valence-electron chi connectivity index (χ2n) is 6.93. The van der Waals surface area contributed by atoms with E-state index in [4.69, 9.17) is 0 Å². The molecule has 0 aromatic heterocycles. The molecule has 1 N–H and O–H groups in total. The van der Waals surface area contributed by atoms with Crippen LogP contribution in [-0.4, -0.2) is 23.9 Å². The second-order valence-corrected chi connectivity index (χ2v) is 6.93. The number of aryl methyl sites for hydroxylation is 2. The molecule has 1 aromatic carbocycles. The van der Waals surface area contributed by atoms with E-state index in [1.54, 1.807) is 4.90 Å². The van der Waals surface area contributed by atoms with Crippen LogP contribution in [0.2, 0.25) is 0 Å². The molecule has 1 aliphatic rings. The number of nitrogens with zero attached hydrogens (tertiary/aromatic N) is 1. The standard InChI is InChI=1S/C17H24N2O2/c1-11-6-7-14(12(2)8-11)19-10-13(9-15(19)20)16(21)18-17(3,4)5/h6-8,13H,9-10H2,1-5H3,(H,18,21). The third kappa shape index (κ3) is 3.63. The number of rotatable bonds is 2. The Kier molecular flexibility index (Phi) is 4.08. The molecule has 0 aliphatic carbocycles. The number of carbonyl (C=O) groups is 2. The van der Waals surface area contributed by atoms with Crippen LogP contribution in [0.4, 0.5) is 5.69 Å². The largest absolute Gasteiger partial charge is 0.351 e. The van der Waals surface area contributed by atoms with Gasteiger partial charge in [0, 0.05) is 24.2 Å². The highest BCUT2D eigenvalue weighted by atomic mass is 16.2. The van der Waals surface area contributed by atoms with E-state index in [1.807, 2.05) is 46.8 Å². The molecule has 0 saturated carbocycles. The summed E-state index contributed by atoms with van der Waals surface area (Å²) in [7, 11) is 0. The van der Waals surface area contributed by atoms with Crippen molar-refractivity contribution in [3.63, 3.8) is 0 Å². The van der Waals surface area contributed by atoms with Crippen molar-refractivity contribution in [1.82, 2.24) is 5.32 Å². The number of benzene rings is 1. The first-order chi connectivity index (χ1) is 9.67. The molecular formula is C17H24N2O2. The number of hydrogen-bond donors (Lipinski definition) is 1. The molecular weight excluding hydrogens is 264 g/mol. The maximum absolute atomic E-state index is 12.2. The van der Waals surface area contributed by atoms with Gasteiger partial charge < -0.3 is 10.2 Å². The summed E-state index contributed by atoms with van der Waals surface area (Å²) in [5.74, 6) is -0.281. The van der Waals surface area contributed by atoms with Gasteiger partial charge in [-0.1, -0.05) is 17.7 Å². The third-order valence-electron chi connectivity index (χ3n) is 3.64. The average Bonchev–Trinajstić information content (AvgIpc) is 2.69. The highest BCUT2D eigenvalue weighted by Crippen LogP contribution is 2.28. The first-order valence-corrected chi connectivity index (χ1v) is 7.37. The Labute approximate surface area is 126 Å². The Morgan fingerprint density at radius 2 is 1.95 bits per heavy atom. The van der Waals surface area contributed by atoms with Gasteiger partial charge in [-0.25, -0.2) is 0 Å². The van der Waals surface area contributed by atoms with Crippen molar-refractivity contribution in [2.24, 2.45) is 5.92 Å². The van der Waals surface area contributed by atoms with Crippen LogP contribution < -0.4 is 10.2 Å². The lowest BCUT2D eigenvalue weighted by atomic mass is 10.0. The fraction of sp³-hybridized carbons (Fsp3) is 0.529. The minimum absolute atomic E-state index is 0.0241. The van der Waals surface area contributed by atoms with E-state index in [0.29, 0.717) is 6.54 Å². The number of hydrogen-bond acceptors (Lipinski definition) is 2. The average molecular weight is 288 g/mol. The molecule has 1 aliphatic heterocycles. The second kappa shape index (κ2) is 5.51. The molecule has 1 saturated heterocycles. The lowest BCUT2D eigenvalue weighted by Crippen LogP contribution is -2.44. The zero-order valence-electron chi connectivity index (χ0n) is 13.5. The van der Waals surface area contributed by atoms with Gasteiger partial charge in [-0.3, -0.25) is 9.59 Å². The Hall–Kier alpha value is -1.84. The van der Waals surface area contributed by atoms with Crippen LogP contribution in [0, 0.1) is 19.8 Å². The van der Waals surface area contributed by atoms with E-state index in [1.165, 1.54) is 5.56 Å². The molecule has 1 aromatic rings. The zero-order chi connectivity index (χ0) is 15.8. The molecule has 4 heteroatoms. The van der Waals surface area contributed by atoms with Crippen LogP contribution in [0.5, 0.6) is 0 Å². The minimum Gasteiger partial charge on any atom is -0.351 e. The van der Waals surface area contributed by atoms with Crippen LogP contribution in [0.25, 0.3) is 0 Å². The van der Waals surface area contributed by atoms with E-state index in [-0.39, 0.29) is 29.7 Å². The van der Waals surface area contributed by atoms with Crippen LogP contribution in [0.15, 0.2) is 18.2 Å². The molecule has 0 radical (unpaired) electrons. The summed E-state index contributed by atoms with van der Waals surface area (Å²) >= 11 is 0. The van der Waals surface area contributed by atoms with Crippen molar-refractivity contribution < 1.29 is 9.59 Å². The monoisotopic (exact) mass is 288 g/mol. The first-order valence-electron chi connectivity index (χ1n) is 7.37.